The quantitative estimate of drug-likeness (QED) is 0.861. The normalized spacial score (nSPS) is 19.2. The zero-order valence-corrected chi connectivity index (χ0v) is 11.6. The number of hydrogen-bond donors (Lipinski definition) is 1. The van der Waals surface area contributed by atoms with Gasteiger partial charge in [0.25, 0.3) is 0 Å². The third-order valence-corrected chi connectivity index (χ3v) is 3.63. The summed E-state index contributed by atoms with van der Waals surface area (Å²) in [5.74, 6) is -1.45. The van der Waals surface area contributed by atoms with Gasteiger partial charge in [-0.05, 0) is 37.6 Å². The van der Waals surface area contributed by atoms with Crippen LogP contribution in [0.2, 0.25) is 0 Å². The van der Waals surface area contributed by atoms with Crippen molar-refractivity contribution in [3.8, 4) is 0 Å². The molecule has 2 rings (SSSR count). The van der Waals surface area contributed by atoms with E-state index in [2.05, 4.69) is 5.32 Å². The number of carbonyl (C=O) groups excluding carboxylic acids is 1. The molecule has 0 aromatic heterocycles. The highest BCUT2D eigenvalue weighted by molar-refractivity contribution is 5.95. The molecule has 1 fully saturated rings. The van der Waals surface area contributed by atoms with E-state index in [4.69, 9.17) is 0 Å². The molecular weight excluding hydrogens is 262 g/mol. The van der Waals surface area contributed by atoms with Crippen molar-refractivity contribution in [3.05, 3.63) is 41.5 Å². The van der Waals surface area contributed by atoms with Crippen molar-refractivity contribution in [1.82, 2.24) is 10.2 Å². The van der Waals surface area contributed by atoms with E-state index in [9.17, 15) is 13.6 Å². The number of nitrogens with zero attached hydrogens (tertiary/aromatic N) is 1. The third kappa shape index (κ3) is 3.22. The summed E-state index contributed by atoms with van der Waals surface area (Å²) < 4.78 is 26.5. The topological polar surface area (TPSA) is 32.3 Å². The minimum absolute atomic E-state index is 0.167. The first-order chi connectivity index (χ1) is 9.49. The van der Waals surface area contributed by atoms with Crippen LogP contribution in [0.25, 0.3) is 5.57 Å². The fourth-order valence-electron chi connectivity index (χ4n) is 2.32. The predicted molar refractivity (Wildman–Crippen MR) is 74.1 cm³/mol. The Balaban J connectivity index is 2.14. The third-order valence-electron chi connectivity index (χ3n) is 3.63. The van der Waals surface area contributed by atoms with Gasteiger partial charge in [0, 0.05) is 37.3 Å². The van der Waals surface area contributed by atoms with Crippen molar-refractivity contribution in [3.63, 3.8) is 0 Å². The van der Waals surface area contributed by atoms with E-state index in [0.717, 1.165) is 25.6 Å². The van der Waals surface area contributed by atoms with Gasteiger partial charge in [0.15, 0.2) is 0 Å². The molecule has 0 aliphatic carbocycles. The van der Waals surface area contributed by atoms with Gasteiger partial charge in [-0.2, -0.15) is 0 Å². The van der Waals surface area contributed by atoms with E-state index in [0.29, 0.717) is 5.57 Å². The molecule has 20 heavy (non-hydrogen) atoms. The summed E-state index contributed by atoms with van der Waals surface area (Å²) in [4.78, 5) is 13.8. The van der Waals surface area contributed by atoms with E-state index in [-0.39, 0.29) is 17.5 Å². The Morgan fingerprint density at radius 2 is 2.20 bits per heavy atom. The van der Waals surface area contributed by atoms with Crippen molar-refractivity contribution < 1.29 is 13.6 Å². The number of benzene rings is 1. The van der Waals surface area contributed by atoms with Crippen molar-refractivity contribution in [2.45, 2.75) is 19.4 Å². The highest BCUT2D eigenvalue weighted by Crippen LogP contribution is 2.19. The number of nitrogens with one attached hydrogen (secondary N) is 1. The molecule has 3 nitrogen and oxygen atoms in total. The van der Waals surface area contributed by atoms with E-state index in [1.807, 2.05) is 0 Å². The molecule has 0 saturated carbocycles. The molecular formula is C15H18F2N2O. The Labute approximate surface area is 117 Å². The lowest BCUT2D eigenvalue weighted by Crippen LogP contribution is -2.37. The zero-order valence-electron chi connectivity index (χ0n) is 11.6. The second-order valence-electron chi connectivity index (χ2n) is 5.05. The molecule has 0 spiro atoms. The first-order valence-corrected chi connectivity index (χ1v) is 6.60. The first-order valence-electron chi connectivity index (χ1n) is 6.60. The van der Waals surface area contributed by atoms with E-state index in [1.165, 1.54) is 18.2 Å². The van der Waals surface area contributed by atoms with Gasteiger partial charge in [-0.1, -0.05) is 0 Å². The maximum atomic E-state index is 13.6. The first kappa shape index (κ1) is 14.7. The molecule has 1 aromatic rings. The smallest absolute Gasteiger partial charge is 0.246 e. The van der Waals surface area contributed by atoms with Crippen LogP contribution in [0.4, 0.5) is 8.78 Å². The van der Waals surface area contributed by atoms with Crippen molar-refractivity contribution in [1.29, 1.82) is 0 Å². The molecule has 1 heterocycles. The molecule has 1 aliphatic heterocycles. The predicted octanol–water partition coefficient (Wildman–Crippen LogP) is 2.19. The number of rotatable bonds is 3. The Kier molecular flexibility index (Phi) is 4.49. The minimum atomic E-state index is -0.656. The second kappa shape index (κ2) is 6.13. The van der Waals surface area contributed by atoms with Crippen LogP contribution in [-0.4, -0.2) is 37.0 Å². The van der Waals surface area contributed by atoms with Crippen LogP contribution in [0, 0.1) is 11.6 Å². The highest BCUT2D eigenvalue weighted by Gasteiger charge is 2.22. The minimum Gasteiger partial charge on any atom is -0.338 e. The molecule has 5 heteroatoms. The lowest BCUT2D eigenvalue weighted by Gasteiger charge is -2.22. The summed E-state index contributed by atoms with van der Waals surface area (Å²) in [6.07, 6.45) is 2.31. The van der Waals surface area contributed by atoms with Gasteiger partial charge in [0.05, 0.1) is 0 Å². The molecule has 1 atom stereocenters. The van der Waals surface area contributed by atoms with Gasteiger partial charge in [-0.25, -0.2) is 8.78 Å². The van der Waals surface area contributed by atoms with Crippen LogP contribution < -0.4 is 5.32 Å². The number of likely N-dealkylation sites (N-methyl/N-ethyl adjacent to an activating group) is 1. The van der Waals surface area contributed by atoms with Crippen molar-refractivity contribution in [2.75, 3.05) is 20.1 Å². The lowest BCUT2D eigenvalue weighted by molar-refractivity contribution is -0.126. The number of hydrogen-bond acceptors (Lipinski definition) is 2. The standard InChI is InChI=1S/C15H18F2N2O/c1-10(13-4-3-11(16)8-14(13)17)7-15(20)19(2)12-5-6-18-9-12/h3-4,7-8,12,18H,5-6,9H2,1-2H3/b10-7-. The molecule has 1 saturated heterocycles. The van der Waals surface area contributed by atoms with Gasteiger partial charge in [-0.15, -0.1) is 0 Å². The second-order valence-corrected chi connectivity index (χ2v) is 5.05. The monoisotopic (exact) mass is 280 g/mol. The van der Waals surface area contributed by atoms with Crippen molar-refractivity contribution in [2.24, 2.45) is 0 Å². The molecule has 108 valence electrons. The molecule has 1 N–H and O–H groups in total. The van der Waals surface area contributed by atoms with Crippen LogP contribution in [0.5, 0.6) is 0 Å². The van der Waals surface area contributed by atoms with Gasteiger partial charge < -0.3 is 10.2 Å². The fourth-order valence-corrected chi connectivity index (χ4v) is 2.32. The van der Waals surface area contributed by atoms with E-state index in [1.54, 1.807) is 18.9 Å². The summed E-state index contributed by atoms with van der Waals surface area (Å²) in [5.41, 5.74) is 0.739. The van der Waals surface area contributed by atoms with E-state index >= 15 is 0 Å². The summed E-state index contributed by atoms with van der Waals surface area (Å²) in [6.45, 7) is 3.33. The molecule has 1 aliphatic rings. The van der Waals surface area contributed by atoms with Crippen LogP contribution >= 0.6 is 0 Å². The average Bonchev–Trinajstić information content (AvgIpc) is 2.91. The number of carbonyl (C=O) groups is 1. The summed E-state index contributed by atoms with van der Waals surface area (Å²) in [7, 11) is 1.74. The zero-order chi connectivity index (χ0) is 14.7. The lowest BCUT2D eigenvalue weighted by atomic mass is 10.1. The summed E-state index contributed by atoms with van der Waals surface area (Å²) in [6, 6.07) is 3.53. The average molecular weight is 280 g/mol. The van der Waals surface area contributed by atoms with Crippen LogP contribution in [0.15, 0.2) is 24.3 Å². The van der Waals surface area contributed by atoms with Crippen molar-refractivity contribution >= 4 is 11.5 Å². The molecule has 0 bridgehead atoms. The molecule has 1 unspecified atom stereocenters. The van der Waals surface area contributed by atoms with Gasteiger partial charge >= 0.3 is 0 Å². The Hall–Kier alpha value is -1.75. The van der Waals surface area contributed by atoms with Gasteiger partial charge in [0.1, 0.15) is 11.6 Å². The Morgan fingerprint density at radius 1 is 1.45 bits per heavy atom. The highest BCUT2D eigenvalue weighted by atomic mass is 19.1. The number of halogens is 2. The number of amides is 1. The van der Waals surface area contributed by atoms with Crippen LogP contribution in [0.3, 0.4) is 0 Å². The van der Waals surface area contributed by atoms with E-state index < -0.39 is 11.6 Å². The Morgan fingerprint density at radius 3 is 2.80 bits per heavy atom. The maximum Gasteiger partial charge on any atom is 0.246 e. The van der Waals surface area contributed by atoms with Crippen LogP contribution in [-0.2, 0) is 4.79 Å². The SMILES string of the molecule is C/C(=C/C(=O)N(C)C1CCNC1)c1ccc(F)cc1F. The van der Waals surface area contributed by atoms with Gasteiger partial charge in [-0.3, -0.25) is 4.79 Å². The largest absolute Gasteiger partial charge is 0.338 e. The molecule has 0 radical (unpaired) electrons. The van der Waals surface area contributed by atoms with Gasteiger partial charge in [0.2, 0.25) is 5.91 Å². The summed E-state index contributed by atoms with van der Waals surface area (Å²) >= 11 is 0. The maximum absolute atomic E-state index is 13.6. The fraction of sp³-hybridized carbons (Fsp3) is 0.400. The van der Waals surface area contributed by atoms with Crippen LogP contribution in [0.1, 0.15) is 18.9 Å². The molecule has 1 amide bonds. The Bertz CT molecular complexity index is 537. The number of allylic oxidation sites excluding steroid dienone is 1. The summed E-state index contributed by atoms with van der Waals surface area (Å²) in [5, 5.41) is 3.19. The molecule has 1 aromatic carbocycles.